The number of para-hydroxylation sites is 1. The second-order valence-corrected chi connectivity index (χ2v) is 12.7. The Balaban J connectivity index is 0.00000221. The number of nitrogens with zero attached hydrogens (tertiary/aromatic N) is 2. The number of H-pyrrole nitrogens is 1. The van der Waals surface area contributed by atoms with Crippen molar-refractivity contribution in [2.75, 3.05) is 13.1 Å². The molecule has 1 saturated heterocycles. The van der Waals surface area contributed by atoms with Gasteiger partial charge in [0.15, 0.2) is 0 Å². The van der Waals surface area contributed by atoms with Crippen LogP contribution in [0.1, 0.15) is 51.5 Å². The predicted octanol–water partition coefficient (Wildman–Crippen LogP) is 5.39. The van der Waals surface area contributed by atoms with Crippen molar-refractivity contribution in [1.82, 2.24) is 25.5 Å². The number of fused-ring (bicyclic) bond motifs is 2. The number of amides is 3. The van der Waals surface area contributed by atoms with Crippen LogP contribution < -0.4 is 10.6 Å². The van der Waals surface area contributed by atoms with Crippen LogP contribution in [0.5, 0.6) is 0 Å². The molecule has 1 aliphatic heterocycles. The highest BCUT2D eigenvalue weighted by atomic mass is 16.2. The number of benzene rings is 2. The highest BCUT2D eigenvalue weighted by molar-refractivity contribution is 6.00. The molecular formula is C34H41N5O3. The van der Waals surface area contributed by atoms with E-state index < -0.39 is 11.5 Å². The molecule has 2 fully saturated rings. The minimum Gasteiger partial charge on any atom is -0.352 e. The Morgan fingerprint density at radius 1 is 1.02 bits per heavy atom. The van der Waals surface area contributed by atoms with Gasteiger partial charge in [-0.05, 0) is 46.9 Å². The SMILES string of the molecule is CC1C2[C@@H]1CN(C(=O)c1ccc(-c3ccccc3)cn1)[C@@H]2CNC(=O)[C@@H](NC(=O)c1cc2ccccc2[nH]1)C(C)(C)C.[HH].[HH]. The quantitative estimate of drug-likeness (QED) is 0.278. The van der Waals surface area contributed by atoms with Crippen molar-refractivity contribution < 1.29 is 17.2 Å². The summed E-state index contributed by atoms with van der Waals surface area (Å²) in [5.74, 6) is 0.560. The number of pyridine rings is 1. The number of carbonyl (C=O) groups excluding carboxylic acids is 3. The molecule has 6 rings (SSSR count). The smallest absolute Gasteiger partial charge is 0.272 e. The van der Waals surface area contributed by atoms with E-state index in [-0.39, 0.29) is 26.6 Å². The number of hydrogen-bond acceptors (Lipinski definition) is 4. The van der Waals surface area contributed by atoms with Gasteiger partial charge in [-0.15, -0.1) is 0 Å². The molecule has 0 radical (unpaired) electrons. The number of aromatic nitrogens is 2. The largest absolute Gasteiger partial charge is 0.352 e. The summed E-state index contributed by atoms with van der Waals surface area (Å²) in [7, 11) is 0. The highest BCUT2D eigenvalue weighted by Gasteiger charge is 2.60. The fourth-order valence-corrected chi connectivity index (χ4v) is 6.41. The Morgan fingerprint density at radius 2 is 1.76 bits per heavy atom. The van der Waals surface area contributed by atoms with Crippen molar-refractivity contribution in [2.24, 2.45) is 23.2 Å². The summed E-state index contributed by atoms with van der Waals surface area (Å²) in [4.78, 5) is 49.8. The first-order valence-corrected chi connectivity index (χ1v) is 14.6. The lowest BCUT2D eigenvalue weighted by Crippen LogP contribution is -2.56. The van der Waals surface area contributed by atoms with Crippen molar-refractivity contribution in [3.05, 3.63) is 90.4 Å². The third kappa shape index (κ3) is 5.29. The second kappa shape index (κ2) is 10.7. The molecule has 2 unspecified atom stereocenters. The summed E-state index contributed by atoms with van der Waals surface area (Å²) < 4.78 is 0. The number of rotatable bonds is 7. The Kier molecular flexibility index (Phi) is 7.09. The van der Waals surface area contributed by atoms with Crippen LogP contribution in [-0.2, 0) is 4.79 Å². The van der Waals surface area contributed by atoms with Gasteiger partial charge >= 0.3 is 0 Å². The lowest BCUT2D eigenvalue weighted by molar-refractivity contribution is -0.125. The van der Waals surface area contributed by atoms with Crippen molar-refractivity contribution in [3.63, 3.8) is 0 Å². The van der Waals surface area contributed by atoms with Gasteiger partial charge in [-0.3, -0.25) is 19.4 Å². The highest BCUT2D eigenvalue weighted by Crippen LogP contribution is 2.55. The van der Waals surface area contributed by atoms with Crippen LogP contribution in [0, 0.1) is 23.2 Å². The predicted molar refractivity (Wildman–Crippen MR) is 167 cm³/mol. The zero-order valence-electron chi connectivity index (χ0n) is 24.4. The first kappa shape index (κ1) is 27.7. The maximum absolute atomic E-state index is 13.6. The number of aromatic amines is 1. The molecular weight excluding hydrogens is 526 g/mol. The fourth-order valence-electron chi connectivity index (χ4n) is 6.41. The first-order chi connectivity index (χ1) is 20.1. The van der Waals surface area contributed by atoms with Gasteiger partial charge in [0.1, 0.15) is 17.4 Å². The van der Waals surface area contributed by atoms with Crippen LogP contribution in [0.15, 0.2) is 79.0 Å². The average molecular weight is 568 g/mol. The lowest BCUT2D eigenvalue weighted by atomic mass is 9.86. The summed E-state index contributed by atoms with van der Waals surface area (Å²) in [5.41, 5.74) is 3.14. The summed E-state index contributed by atoms with van der Waals surface area (Å²) in [6.07, 6.45) is 1.74. The Labute approximate surface area is 248 Å². The molecule has 8 heteroatoms. The molecule has 5 atom stereocenters. The van der Waals surface area contributed by atoms with Gasteiger partial charge in [-0.2, -0.15) is 0 Å². The minimum atomic E-state index is -0.762. The molecule has 2 aliphatic rings. The maximum Gasteiger partial charge on any atom is 0.272 e. The monoisotopic (exact) mass is 567 g/mol. The summed E-state index contributed by atoms with van der Waals surface area (Å²) in [6.45, 7) is 8.98. The number of carbonyl (C=O) groups is 3. The molecule has 4 aromatic rings. The van der Waals surface area contributed by atoms with E-state index in [1.54, 1.807) is 18.3 Å². The summed E-state index contributed by atoms with van der Waals surface area (Å²) >= 11 is 0. The van der Waals surface area contributed by atoms with E-state index in [1.807, 2.05) is 86.3 Å². The average Bonchev–Trinajstić information content (AvgIpc) is 3.31. The second-order valence-electron chi connectivity index (χ2n) is 12.7. The van der Waals surface area contributed by atoms with Crippen LogP contribution >= 0.6 is 0 Å². The van der Waals surface area contributed by atoms with Gasteiger partial charge in [0.25, 0.3) is 11.8 Å². The molecule has 0 spiro atoms. The number of piperidine rings is 1. The zero-order chi connectivity index (χ0) is 29.6. The van der Waals surface area contributed by atoms with E-state index in [2.05, 4.69) is 27.5 Å². The molecule has 2 aromatic heterocycles. The maximum atomic E-state index is 13.6. The minimum absolute atomic E-state index is 0. The van der Waals surface area contributed by atoms with Crippen LogP contribution in [0.25, 0.3) is 22.0 Å². The molecule has 2 aromatic carbocycles. The topological polar surface area (TPSA) is 107 Å². The summed E-state index contributed by atoms with van der Waals surface area (Å²) in [6, 6.07) is 22.2. The lowest BCUT2D eigenvalue weighted by Gasteiger charge is -2.32. The van der Waals surface area contributed by atoms with E-state index in [4.69, 9.17) is 0 Å². The molecule has 220 valence electrons. The Morgan fingerprint density at radius 3 is 2.45 bits per heavy atom. The van der Waals surface area contributed by atoms with E-state index in [0.29, 0.717) is 42.2 Å². The van der Waals surface area contributed by atoms with Crippen molar-refractivity contribution >= 4 is 28.6 Å². The number of likely N-dealkylation sites (tertiary alicyclic amines) is 1. The van der Waals surface area contributed by atoms with Crippen LogP contribution in [0.2, 0.25) is 0 Å². The van der Waals surface area contributed by atoms with E-state index >= 15 is 0 Å². The van der Waals surface area contributed by atoms with Crippen molar-refractivity contribution in [2.45, 2.75) is 39.8 Å². The third-order valence-corrected chi connectivity index (χ3v) is 8.90. The summed E-state index contributed by atoms with van der Waals surface area (Å²) in [5, 5.41) is 6.96. The van der Waals surface area contributed by atoms with Gasteiger partial charge < -0.3 is 20.5 Å². The van der Waals surface area contributed by atoms with E-state index in [9.17, 15) is 14.4 Å². The van der Waals surface area contributed by atoms with Gasteiger partial charge in [0.2, 0.25) is 5.91 Å². The first-order valence-electron chi connectivity index (χ1n) is 14.6. The van der Waals surface area contributed by atoms with Crippen molar-refractivity contribution in [3.8, 4) is 11.1 Å². The molecule has 8 nitrogen and oxygen atoms in total. The fraction of sp³-hybridized carbons (Fsp3) is 0.353. The standard InChI is InChI=1S/C34H37N5O3.2H2/c1-20-24-19-39(33(42)26-15-14-23(17-35-26)21-10-6-5-7-11-21)28(29(20)24)18-36-32(41)30(34(2,3)4)38-31(40)27-16-22-12-8-9-13-25(22)37-27;;/h5-17,20,24,28-30,37H,18-19H2,1-4H3,(H,36,41)(H,38,40);2*1H/t20?,24-,28-,29?,30-;;/m1../s1. The molecule has 3 heterocycles. The molecule has 1 saturated carbocycles. The van der Waals surface area contributed by atoms with Crippen LogP contribution in [0.3, 0.4) is 0 Å². The molecule has 1 aliphatic carbocycles. The number of hydrogen-bond donors (Lipinski definition) is 3. The Hall–Kier alpha value is -4.46. The van der Waals surface area contributed by atoms with E-state index in [1.165, 1.54) is 0 Å². The third-order valence-electron chi connectivity index (χ3n) is 8.90. The molecule has 42 heavy (non-hydrogen) atoms. The van der Waals surface area contributed by atoms with Gasteiger partial charge in [0.05, 0.1) is 6.04 Å². The van der Waals surface area contributed by atoms with Gasteiger partial charge in [0, 0.05) is 38.6 Å². The Bertz CT molecular complexity index is 1600. The molecule has 0 bridgehead atoms. The molecule has 3 amide bonds. The van der Waals surface area contributed by atoms with Crippen LogP contribution in [-0.4, -0.2) is 57.8 Å². The zero-order valence-corrected chi connectivity index (χ0v) is 24.4. The van der Waals surface area contributed by atoms with E-state index in [0.717, 1.165) is 22.0 Å². The van der Waals surface area contributed by atoms with Gasteiger partial charge in [-0.25, -0.2) is 0 Å². The molecule has 3 N–H and O–H groups in total. The van der Waals surface area contributed by atoms with Crippen LogP contribution in [0.4, 0.5) is 0 Å². The number of nitrogens with one attached hydrogen (secondary N) is 3. The van der Waals surface area contributed by atoms with Crippen molar-refractivity contribution in [1.29, 1.82) is 0 Å². The van der Waals surface area contributed by atoms with Gasteiger partial charge in [-0.1, -0.05) is 82.3 Å². The normalized spacial score (nSPS) is 22.0.